The van der Waals surface area contributed by atoms with Gasteiger partial charge in [-0.1, -0.05) is 23.7 Å². The number of hydrogen-bond acceptors (Lipinski definition) is 4. The third-order valence-corrected chi connectivity index (χ3v) is 4.48. The van der Waals surface area contributed by atoms with Gasteiger partial charge in [0.1, 0.15) is 23.6 Å². The molecule has 2 rings (SSSR count). The third-order valence-electron chi connectivity index (χ3n) is 4.19. The summed E-state index contributed by atoms with van der Waals surface area (Å²) in [6.45, 7) is 5.43. The molecule has 1 heterocycles. The molecule has 0 radical (unpaired) electrons. The van der Waals surface area contributed by atoms with E-state index in [-0.39, 0.29) is 17.1 Å². The minimum Gasteiger partial charge on any atom is -0.444 e. The summed E-state index contributed by atoms with van der Waals surface area (Å²) in [6, 6.07) is 1.71. The zero-order valence-corrected chi connectivity index (χ0v) is 17.3. The van der Waals surface area contributed by atoms with Crippen molar-refractivity contribution in [3.8, 4) is 0 Å². The number of carbonyl (C=O) groups excluding carboxylic acids is 3. The minimum atomic E-state index is -1.68. The Hall–Kier alpha value is -2.42. The van der Waals surface area contributed by atoms with Crippen LogP contribution in [0.1, 0.15) is 33.3 Å². The summed E-state index contributed by atoms with van der Waals surface area (Å²) in [6.07, 6.45) is -2.56. The van der Waals surface area contributed by atoms with Crippen LogP contribution in [0.25, 0.3) is 0 Å². The number of benzene rings is 1. The quantitative estimate of drug-likeness (QED) is 0.767. The van der Waals surface area contributed by atoms with Crippen LogP contribution >= 0.6 is 11.6 Å². The van der Waals surface area contributed by atoms with Crippen molar-refractivity contribution in [3.05, 3.63) is 34.6 Å². The number of alkyl halides is 1. The molecule has 7 nitrogen and oxygen atoms in total. The second-order valence-corrected chi connectivity index (χ2v) is 8.16. The Bertz CT molecular complexity index is 800. The number of nitrogens with zero attached hydrogens (tertiary/aromatic N) is 1. The monoisotopic (exact) mass is 431 g/mol. The lowest BCUT2D eigenvalue weighted by Crippen LogP contribution is -2.56. The van der Waals surface area contributed by atoms with Gasteiger partial charge in [-0.05, 0) is 26.8 Å². The van der Waals surface area contributed by atoms with Crippen molar-refractivity contribution in [2.75, 3.05) is 6.54 Å². The SMILES string of the molecule is CC(=O)N[C@H]1[C@@H](C(=O)NCc2cccc(Cl)c2F)N(C(=O)OC(C)(C)C)C[C@@H]1F. The molecule has 0 aliphatic carbocycles. The van der Waals surface area contributed by atoms with Gasteiger partial charge in [0.15, 0.2) is 0 Å². The molecule has 1 saturated heterocycles. The van der Waals surface area contributed by atoms with Crippen molar-refractivity contribution in [1.82, 2.24) is 15.5 Å². The molecule has 1 aromatic carbocycles. The topological polar surface area (TPSA) is 87.7 Å². The van der Waals surface area contributed by atoms with E-state index < -0.39 is 54.1 Å². The van der Waals surface area contributed by atoms with E-state index in [1.54, 1.807) is 20.8 Å². The van der Waals surface area contributed by atoms with E-state index in [0.717, 1.165) is 4.90 Å². The van der Waals surface area contributed by atoms with Crippen molar-refractivity contribution < 1.29 is 27.9 Å². The maximum Gasteiger partial charge on any atom is 0.411 e. The van der Waals surface area contributed by atoms with Crippen LogP contribution in [0.4, 0.5) is 13.6 Å². The predicted octanol–water partition coefficient (Wildman–Crippen LogP) is 2.56. The van der Waals surface area contributed by atoms with Gasteiger partial charge < -0.3 is 15.4 Å². The highest BCUT2D eigenvalue weighted by Crippen LogP contribution is 2.25. The summed E-state index contributed by atoms with van der Waals surface area (Å²) in [5.74, 6) is -2.00. The third kappa shape index (κ3) is 5.79. The Morgan fingerprint density at radius 2 is 1.97 bits per heavy atom. The fourth-order valence-electron chi connectivity index (χ4n) is 3.00. The summed E-state index contributed by atoms with van der Waals surface area (Å²) < 4.78 is 33.9. The number of carbonyl (C=O) groups is 3. The van der Waals surface area contributed by atoms with Gasteiger partial charge in [0.05, 0.1) is 17.6 Å². The van der Waals surface area contributed by atoms with Crippen molar-refractivity contribution >= 4 is 29.5 Å². The molecule has 0 bridgehead atoms. The van der Waals surface area contributed by atoms with E-state index in [4.69, 9.17) is 16.3 Å². The molecule has 1 aromatic rings. The van der Waals surface area contributed by atoms with E-state index in [1.807, 2.05) is 0 Å². The number of rotatable bonds is 4. The predicted molar refractivity (Wildman–Crippen MR) is 102 cm³/mol. The first-order valence-electron chi connectivity index (χ1n) is 9.02. The van der Waals surface area contributed by atoms with Gasteiger partial charge in [-0.15, -0.1) is 0 Å². The van der Waals surface area contributed by atoms with Gasteiger partial charge in [-0.3, -0.25) is 14.5 Å². The summed E-state index contributed by atoms with van der Waals surface area (Å²) in [7, 11) is 0. The summed E-state index contributed by atoms with van der Waals surface area (Å²) in [4.78, 5) is 37.7. The number of likely N-dealkylation sites (tertiary alicyclic amines) is 1. The van der Waals surface area contributed by atoms with Crippen molar-refractivity contribution in [2.24, 2.45) is 0 Å². The molecule has 160 valence electrons. The minimum absolute atomic E-state index is 0.104. The number of nitrogens with one attached hydrogen (secondary N) is 2. The van der Waals surface area contributed by atoms with Crippen LogP contribution in [-0.2, 0) is 20.9 Å². The molecule has 0 saturated carbocycles. The molecule has 0 spiro atoms. The molecule has 0 aromatic heterocycles. The maximum atomic E-state index is 14.6. The molecular formula is C19H24ClF2N3O4. The molecule has 0 unspecified atom stereocenters. The lowest BCUT2D eigenvalue weighted by Gasteiger charge is -2.29. The normalized spacial score (nSPS) is 21.6. The second kappa shape index (κ2) is 8.94. The Kier molecular flexibility index (Phi) is 7.05. The van der Waals surface area contributed by atoms with Gasteiger partial charge in [0.25, 0.3) is 0 Å². The Morgan fingerprint density at radius 3 is 2.55 bits per heavy atom. The van der Waals surface area contributed by atoms with Crippen LogP contribution in [-0.4, -0.2) is 53.2 Å². The number of amides is 3. The van der Waals surface area contributed by atoms with Gasteiger partial charge in [-0.25, -0.2) is 13.6 Å². The Morgan fingerprint density at radius 1 is 1.31 bits per heavy atom. The van der Waals surface area contributed by atoms with Crippen LogP contribution < -0.4 is 10.6 Å². The highest BCUT2D eigenvalue weighted by Gasteiger charge is 2.50. The van der Waals surface area contributed by atoms with Gasteiger partial charge in [0, 0.05) is 19.0 Å². The number of ether oxygens (including phenoxy) is 1. The summed E-state index contributed by atoms with van der Waals surface area (Å²) in [5, 5.41) is 4.74. The van der Waals surface area contributed by atoms with E-state index in [0.29, 0.717) is 0 Å². The van der Waals surface area contributed by atoms with Crippen LogP contribution in [0.2, 0.25) is 5.02 Å². The van der Waals surface area contributed by atoms with E-state index in [2.05, 4.69) is 10.6 Å². The van der Waals surface area contributed by atoms with Crippen LogP contribution in [0.3, 0.4) is 0 Å². The molecule has 2 N–H and O–H groups in total. The molecule has 29 heavy (non-hydrogen) atoms. The largest absolute Gasteiger partial charge is 0.444 e. The van der Waals surface area contributed by atoms with Crippen LogP contribution in [0.15, 0.2) is 18.2 Å². The highest BCUT2D eigenvalue weighted by atomic mass is 35.5. The molecule has 10 heteroatoms. The highest BCUT2D eigenvalue weighted by molar-refractivity contribution is 6.30. The first kappa shape index (κ1) is 22.9. The fourth-order valence-corrected chi connectivity index (χ4v) is 3.19. The van der Waals surface area contributed by atoms with Crippen molar-refractivity contribution in [2.45, 2.75) is 58.1 Å². The Labute approximate surface area is 172 Å². The maximum absolute atomic E-state index is 14.6. The molecule has 3 atom stereocenters. The van der Waals surface area contributed by atoms with Crippen molar-refractivity contribution in [3.63, 3.8) is 0 Å². The first-order valence-corrected chi connectivity index (χ1v) is 9.40. The second-order valence-electron chi connectivity index (χ2n) is 7.75. The van der Waals surface area contributed by atoms with E-state index in [1.165, 1.54) is 25.1 Å². The zero-order chi connectivity index (χ0) is 21.9. The molecule has 1 aliphatic rings. The first-order chi connectivity index (χ1) is 13.4. The van der Waals surface area contributed by atoms with Crippen LogP contribution in [0.5, 0.6) is 0 Å². The van der Waals surface area contributed by atoms with Crippen molar-refractivity contribution in [1.29, 1.82) is 0 Å². The average molecular weight is 432 g/mol. The smallest absolute Gasteiger partial charge is 0.411 e. The molecule has 3 amide bonds. The fraction of sp³-hybridized carbons (Fsp3) is 0.526. The molecule has 1 fully saturated rings. The van der Waals surface area contributed by atoms with Gasteiger partial charge >= 0.3 is 6.09 Å². The lowest BCUT2D eigenvalue weighted by molar-refractivity contribution is -0.127. The molecule has 1 aliphatic heterocycles. The number of halogens is 3. The van der Waals surface area contributed by atoms with E-state index in [9.17, 15) is 23.2 Å². The molecular weight excluding hydrogens is 408 g/mol. The standard InChI is InChI=1S/C19H24ClF2N3O4/c1-10(26)24-15-13(21)9-25(18(28)29-19(2,3)4)16(15)17(27)23-8-11-6-5-7-12(20)14(11)22/h5-7,13,15-16H,8-9H2,1-4H3,(H,23,27)(H,24,26)/t13-,15+,16-/m0/s1. The van der Waals surface area contributed by atoms with Gasteiger partial charge in [-0.2, -0.15) is 0 Å². The summed E-state index contributed by atoms with van der Waals surface area (Å²) >= 11 is 5.73. The Balaban J connectivity index is 2.22. The van der Waals surface area contributed by atoms with E-state index >= 15 is 0 Å². The summed E-state index contributed by atoms with van der Waals surface area (Å²) in [5.41, 5.74) is -0.736. The average Bonchev–Trinajstić information content (AvgIpc) is 2.91. The van der Waals surface area contributed by atoms with Gasteiger partial charge in [0.2, 0.25) is 11.8 Å². The lowest BCUT2D eigenvalue weighted by atomic mass is 10.1. The number of hydrogen-bond donors (Lipinski definition) is 2. The van der Waals surface area contributed by atoms with Crippen LogP contribution in [0, 0.1) is 5.82 Å². The zero-order valence-electron chi connectivity index (χ0n) is 16.6.